The van der Waals surface area contributed by atoms with Crippen molar-refractivity contribution in [3.05, 3.63) is 11.9 Å². The van der Waals surface area contributed by atoms with E-state index in [1.807, 2.05) is 16.7 Å². The third kappa shape index (κ3) is 3.45. The van der Waals surface area contributed by atoms with Gasteiger partial charge in [-0.15, -0.1) is 0 Å². The summed E-state index contributed by atoms with van der Waals surface area (Å²) in [6.45, 7) is 3.41. The Kier molecular flexibility index (Phi) is 4.59. The average molecular weight is 307 g/mol. The van der Waals surface area contributed by atoms with Gasteiger partial charge in [0, 0.05) is 30.2 Å². The van der Waals surface area contributed by atoms with Crippen molar-refractivity contribution >= 4 is 23.4 Å². The zero-order valence-electron chi connectivity index (χ0n) is 10.9. The number of nitrogens with zero attached hydrogens (tertiary/aromatic N) is 3. The lowest BCUT2D eigenvalue weighted by Crippen LogP contribution is -2.38. The summed E-state index contributed by atoms with van der Waals surface area (Å²) in [4.78, 5) is 8.83. The van der Waals surface area contributed by atoms with Crippen LogP contribution in [0.15, 0.2) is 6.07 Å². The standard InChI is InChI=1S/C11H16F3N5S/c1-2-7-6-19(3-4-20-7)9-5-8(18-15)16-10(17-9)11(12,13)14/h5,7H,2-4,6,15H2,1H3,(H,16,17,18). The van der Waals surface area contributed by atoms with E-state index in [9.17, 15) is 13.2 Å². The molecule has 0 spiro atoms. The number of nitrogens with one attached hydrogen (secondary N) is 1. The highest BCUT2D eigenvalue weighted by atomic mass is 32.2. The Morgan fingerprint density at radius 1 is 1.50 bits per heavy atom. The van der Waals surface area contributed by atoms with Crippen molar-refractivity contribution in [2.24, 2.45) is 5.84 Å². The van der Waals surface area contributed by atoms with Crippen LogP contribution in [0.3, 0.4) is 0 Å². The quantitative estimate of drug-likeness (QED) is 0.658. The van der Waals surface area contributed by atoms with Crippen molar-refractivity contribution in [1.29, 1.82) is 0 Å². The Labute approximate surface area is 119 Å². The molecule has 1 unspecified atom stereocenters. The SMILES string of the molecule is CCC1CN(c2cc(NN)nc(C(F)(F)F)n2)CCS1. The van der Waals surface area contributed by atoms with Crippen molar-refractivity contribution in [2.45, 2.75) is 24.8 Å². The molecule has 0 saturated carbocycles. The van der Waals surface area contributed by atoms with E-state index in [0.717, 1.165) is 12.2 Å². The summed E-state index contributed by atoms with van der Waals surface area (Å²) >= 11 is 1.83. The van der Waals surface area contributed by atoms with E-state index in [4.69, 9.17) is 5.84 Å². The third-order valence-corrected chi connectivity index (χ3v) is 4.40. The molecule has 0 aliphatic carbocycles. The maximum absolute atomic E-state index is 12.8. The van der Waals surface area contributed by atoms with E-state index in [0.29, 0.717) is 18.3 Å². The number of nitrogens with two attached hydrogens (primary N) is 1. The van der Waals surface area contributed by atoms with Gasteiger partial charge in [0.2, 0.25) is 5.82 Å². The minimum atomic E-state index is -4.59. The van der Waals surface area contributed by atoms with Gasteiger partial charge < -0.3 is 10.3 Å². The van der Waals surface area contributed by atoms with Crippen LogP contribution < -0.4 is 16.2 Å². The molecule has 5 nitrogen and oxygen atoms in total. The van der Waals surface area contributed by atoms with Gasteiger partial charge in [0.1, 0.15) is 11.6 Å². The first-order valence-electron chi connectivity index (χ1n) is 6.23. The molecule has 0 bridgehead atoms. The second kappa shape index (κ2) is 6.04. The lowest BCUT2D eigenvalue weighted by Gasteiger charge is -2.33. The fourth-order valence-corrected chi connectivity index (χ4v) is 3.15. The molecule has 1 aromatic heterocycles. The molecule has 0 aromatic carbocycles. The first kappa shape index (κ1) is 15.2. The van der Waals surface area contributed by atoms with Crippen molar-refractivity contribution in [3.63, 3.8) is 0 Å². The third-order valence-electron chi connectivity index (χ3n) is 3.03. The fourth-order valence-electron chi connectivity index (χ4n) is 1.97. The number of thioether (sulfide) groups is 1. The topological polar surface area (TPSA) is 67.1 Å². The number of alkyl halides is 3. The average Bonchev–Trinajstić information content (AvgIpc) is 2.46. The molecular weight excluding hydrogens is 291 g/mol. The molecule has 1 atom stereocenters. The van der Waals surface area contributed by atoms with E-state index in [2.05, 4.69) is 22.3 Å². The van der Waals surface area contributed by atoms with E-state index in [1.165, 1.54) is 6.07 Å². The molecule has 3 N–H and O–H groups in total. The van der Waals surface area contributed by atoms with E-state index < -0.39 is 12.0 Å². The highest BCUT2D eigenvalue weighted by Crippen LogP contribution is 2.31. The molecule has 1 fully saturated rings. The molecule has 1 aliphatic rings. The summed E-state index contributed by atoms with van der Waals surface area (Å²) in [5.74, 6) is 5.11. The molecular formula is C11H16F3N5S. The predicted molar refractivity (Wildman–Crippen MR) is 73.6 cm³/mol. The largest absolute Gasteiger partial charge is 0.451 e. The predicted octanol–water partition coefficient (Wildman–Crippen LogP) is 2.11. The van der Waals surface area contributed by atoms with Crippen LogP contribution in [0.25, 0.3) is 0 Å². The summed E-state index contributed by atoms with van der Waals surface area (Å²) < 4.78 is 38.3. The van der Waals surface area contributed by atoms with Crippen molar-refractivity contribution in [2.75, 3.05) is 29.2 Å². The van der Waals surface area contributed by atoms with Crippen LogP contribution in [-0.2, 0) is 6.18 Å². The molecule has 1 aliphatic heterocycles. The van der Waals surface area contributed by atoms with E-state index in [-0.39, 0.29) is 11.6 Å². The first-order valence-corrected chi connectivity index (χ1v) is 7.28. The molecule has 112 valence electrons. The molecule has 1 aromatic rings. The van der Waals surface area contributed by atoms with Crippen LogP contribution in [0, 0.1) is 0 Å². The van der Waals surface area contributed by atoms with Crippen LogP contribution in [0.1, 0.15) is 19.2 Å². The van der Waals surface area contributed by atoms with Gasteiger partial charge in [-0.05, 0) is 6.42 Å². The van der Waals surface area contributed by atoms with Crippen LogP contribution in [0.2, 0.25) is 0 Å². The van der Waals surface area contributed by atoms with Gasteiger partial charge in [-0.1, -0.05) is 6.92 Å². The van der Waals surface area contributed by atoms with Gasteiger partial charge in [0.15, 0.2) is 0 Å². The second-order valence-corrected chi connectivity index (χ2v) is 5.83. The maximum atomic E-state index is 12.8. The number of hydrogen-bond donors (Lipinski definition) is 2. The fraction of sp³-hybridized carbons (Fsp3) is 0.636. The van der Waals surface area contributed by atoms with E-state index in [1.54, 1.807) is 0 Å². The Morgan fingerprint density at radius 2 is 2.25 bits per heavy atom. The van der Waals surface area contributed by atoms with Crippen molar-refractivity contribution < 1.29 is 13.2 Å². The summed E-state index contributed by atoms with van der Waals surface area (Å²) in [6.07, 6.45) is -3.61. The minimum absolute atomic E-state index is 0.0337. The first-order chi connectivity index (χ1) is 9.44. The molecule has 1 saturated heterocycles. The number of anilines is 2. The number of rotatable bonds is 3. The van der Waals surface area contributed by atoms with Gasteiger partial charge in [-0.25, -0.2) is 15.8 Å². The second-order valence-electron chi connectivity index (χ2n) is 4.42. The molecule has 2 heterocycles. The zero-order valence-corrected chi connectivity index (χ0v) is 11.8. The number of halogens is 3. The molecule has 9 heteroatoms. The number of nitrogen functional groups attached to an aromatic ring is 1. The maximum Gasteiger partial charge on any atom is 0.451 e. The lowest BCUT2D eigenvalue weighted by atomic mass is 10.3. The van der Waals surface area contributed by atoms with Gasteiger partial charge in [-0.2, -0.15) is 24.9 Å². The van der Waals surface area contributed by atoms with Crippen molar-refractivity contribution in [3.8, 4) is 0 Å². The highest BCUT2D eigenvalue weighted by Gasteiger charge is 2.36. The number of hydrazine groups is 1. The summed E-state index contributed by atoms with van der Waals surface area (Å²) in [6, 6.07) is 1.44. The normalized spacial score (nSPS) is 20.1. The molecule has 0 radical (unpaired) electrons. The Morgan fingerprint density at radius 3 is 2.85 bits per heavy atom. The van der Waals surface area contributed by atoms with Crippen molar-refractivity contribution in [1.82, 2.24) is 9.97 Å². The summed E-state index contributed by atoms with van der Waals surface area (Å²) in [5.41, 5.74) is 2.16. The minimum Gasteiger partial charge on any atom is -0.355 e. The number of hydrogen-bond acceptors (Lipinski definition) is 6. The van der Waals surface area contributed by atoms with Crippen LogP contribution in [-0.4, -0.2) is 34.1 Å². The van der Waals surface area contributed by atoms with Gasteiger partial charge in [-0.3, -0.25) is 0 Å². The van der Waals surface area contributed by atoms with Crippen LogP contribution >= 0.6 is 11.8 Å². The number of aromatic nitrogens is 2. The molecule has 0 amide bonds. The Hall–Kier alpha value is -1.22. The summed E-state index contributed by atoms with van der Waals surface area (Å²) in [5, 5.41) is 0.405. The van der Waals surface area contributed by atoms with Gasteiger partial charge in [0.25, 0.3) is 0 Å². The highest BCUT2D eigenvalue weighted by molar-refractivity contribution is 8.00. The Balaban J connectivity index is 2.30. The van der Waals surface area contributed by atoms with Gasteiger partial charge in [0.05, 0.1) is 0 Å². The molecule has 2 rings (SSSR count). The zero-order chi connectivity index (χ0) is 14.8. The summed E-state index contributed by atoms with van der Waals surface area (Å²) in [7, 11) is 0. The Bertz CT molecular complexity index is 468. The van der Waals surface area contributed by atoms with Crippen LogP contribution in [0.4, 0.5) is 24.8 Å². The smallest absolute Gasteiger partial charge is 0.355 e. The lowest BCUT2D eigenvalue weighted by molar-refractivity contribution is -0.144. The van der Waals surface area contributed by atoms with Crippen LogP contribution in [0.5, 0.6) is 0 Å². The monoisotopic (exact) mass is 307 g/mol. The molecule has 20 heavy (non-hydrogen) atoms. The van der Waals surface area contributed by atoms with Gasteiger partial charge >= 0.3 is 6.18 Å². The van der Waals surface area contributed by atoms with E-state index >= 15 is 0 Å².